The van der Waals surface area contributed by atoms with Crippen molar-refractivity contribution in [1.82, 2.24) is 29.6 Å². The highest BCUT2D eigenvalue weighted by Gasteiger charge is 2.36. The predicted molar refractivity (Wildman–Crippen MR) is 165 cm³/mol. The molecule has 5 heterocycles. The van der Waals surface area contributed by atoms with Crippen LogP contribution < -0.4 is 4.90 Å². The molecule has 3 aliphatic rings. The first kappa shape index (κ1) is 26.0. The van der Waals surface area contributed by atoms with Gasteiger partial charge in [0.25, 0.3) is 0 Å². The maximum absolute atomic E-state index is 14.0. The van der Waals surface area contributed by atoms with Gasteiger partial charge < -0.3 is 19.7 Å². The number of likely N-dealkylation sites (tertiary alicyclic amines) is 1. The lowest BCUT2D eigenvalue weighted by Gasteiger charge is -2.33. The molecule has 0 amide bonds. The Morgan fingerprint density at radius 1 is 0.714 bits per heavy atom. The molecule has 2 aromatic heterocycles. The quantitative estimate of drug-likeness (QED) is 0.236. The van der Waals surface area contributed by atoms with Crippen molar-refractivity contribution in [3.8, 4) is 0 Å². The van der Waals surface area contributed by atoms with E-state index in [0.29, 0.717) is 6.04 Å². The molecule has 0 saturated carbocycles. The molecule has 3 aromatic carbocycles. The van der Waals surface area contributed by atoms with Crippen molar-refractivity contribution in [2.45, 2.75) is 62.7 Å². The second-order valence-electron chi connectivity index (χ2n) is 12.3. The van der Waals surface area contributed by atoms with Gasteiger partial charge in [0.05, 0.1) is 46.2 Å². The highest BCUT2D eigenvalue weighted by Crippen LogP contribution is 2.47. The molecule has 5 aromatic rings. The summed E-state index contributed by atoms with van der Waals surface area (Å²) in [4.78, 5) is 23.8. The molecule has 4 unspecified atom stereocenters. The van der Waals surface area contributed by atoms with Crippen LogP contribution in [0.4, 0.5) is 10.1 Å². The second kappa shape index (κ2) is 10.2. The Morgan fingerprint density at radius 2 is 1.29 bits per heavy atom. The Hall–Kier alpha value is -3.69. The molecule has 9 heteroatoms. The highest BCUT2D eigenvalue weighted by molar-refractivity contribution is 6.04. The standard InChI is InChI=1S/C33H35BFN7/c1-40-16-2-4-30(40)32-36-24-12-6-20(18-26(24)38-32)28-14-15-29(42(28)23-10-8-22(35)9-11-23)21-7-13-25-27(19-21)39-33(37-25)31-5-3-17-41(31)34/h6-13,18-19,28-31H,2-5,14-17H2,1H3,(H,36,38)(H,37,39). The van der Waals surface area contributed by atoms with Gasteiger partial charge in [-0.1, -0.05) is 12.1 Å². The summed E-state index contributed by atoms with van der Waals surface area (Å²) >= 11 is 0. The first-order valence-corrected chi connectivity index (χ1v) is 15.3. The summed E-state index contributed by atoms with van der Waals surface area (Å²) in [6.07, 6.45) is 6.44. The summed E-state index contributed by atoms with van der Waals surface area (Å²) in [5.74, 6) is 1.78. The number of H-pyrrole nitrogens is 2. The van der Waals surface area contributed by atoms with Gasteiger partial charge in [-0.25, -0.2) is 14.4 Å². The zero-order valence-electron chi connectivity index (χ0n) is 23.9. The van der Waals surface area contributed by atoms with Gasteiger partial charge in [0.2, 0.25) is 0 Å². The maximum atomic E-state index is 14.0. The van der Waals surface area contributed by atoms with Gasteiger partial charge >= 0.3 is 0 Å². The number of fused-ring (bicyclic) bond motifs is 2. The predicted octanol–water partition coefficient (Wildman–Crippen LogP) is 6.65. The van der Waals surface area contributed by atoms with Gasteiger partial charge in [-0.15, -0.1) is 0 Å². The fraction of sp³-hybridized carbons (Fsp3) is 0.394. The molecule has 3 fully saturated rings. The normalized spacial score (nSPS) is 25.4. The Labute approximate surface area is 246 Å². The van der Waals surface area contributed by atoms with E-state index in [-0.39, 0.29) is 23.9 Å². The Balaban J connectivity index is 1.15. The Morgan fingerprint density at radius 3 is 1.83 bits per heavy atom. The number of imidazole rings is 2. The van der Waals surface area contributed by atoms with E-state index in [2.05, 4.69) is 63.2 Å². The number of aromatic nitrogens is 4. The molecule has 212 valence electrons. The van der Waals surface area contributed by atoms with Gasteiger partial charge in [0, 0.05) is 5.69 Å². The summed E-state index contributed by atoms with van der Waals surface area (Å²) in [6, 6.07) is 21.0. The molecule has 7 nitrogen and oxygen atoms in total. The fourth-order valence-corrected chi connectivity index (χ4v) is 7.60. The number of aromatic amines is 2. The monoisotopic (exact) mass is 559 g/mol. The molecule has 0 spiro atoms. The van der Waals surface area contributed by atoms with Crippen molar-refractivity contribution in [3.05, 3.63) is 89.3 Å². The van der Waals surface area contributed by atoms with Crippen LogP contribution in [0.15, 0.2) is 60.7 Å². The van der Waals surface area contributed by atoms with Gasteiger partial charge in [0.1, 0.15) is 17.5 Å². The van der Waals surface area contributed by atoms with Gasteiger partial charge in [-0.05, 0) is 118 Å². The van der Waals surface area contributed by atoms with Crippen molar-refractivity contribution in [2.24, 2.45) is 0 Å². The number of hydrogen-bond donors (Lipinski definition) is 2. The van der Waals surface area contributed by atoms with Crippen molar-refractivity contribution < 1.29 is 4.39 Å². The molecule has 4 atom stereocenters. The van der Waals surface area contributed by atoms with Crippen LogP contribution in [0.3, 0.4) is 0 Å². The molecule has 3 saturated heterocycles. The van der Waals surface area contributed by atoms with Crippen LogP contribution in [0.25, 0.3) is 22.1 Å². The van der Waals surface area contributed by atoms with Crippen LogP contribution in [0.1, 0.15) is 85.5 Å². The van der Waals surface area contributed by atoms with E-state index in [1.165, 1.54) is 17.5 Å². The molecule has 0 bridgehead atoms. The van der Waals surface area contributed by atoms with Gasteiger partial charge in [-0.3, -0.25) is 4.90 Å². The third-order valence-electron chi connectivity index (χ3n) is 9.77. The lowest BCUT2D eigenvalue weighted by Crippen LogP contribution is -2.26. The van der Waals surface area contributed by atoms with E-state index >= 15 is 0 Å². The SMILES string of the molecule is [B]N1CCCC1c1nc2ccc(C3CCC(c4ccc5nc(C6CCCN6C)[nH]c5c4)N3c3ccc(F)cc3)cc2[nH]1. The van der Waals surface area contributed by atoms with Crippen LogP contribution in [0.2, 0.25) is 0 Å². The van der Waals surface area contributed by atoms with E-state index < -0.39 is 0 Å². The summed E-state index contributed by atoms with van der Waals surface area (Å²) < 4.78 is 14.0. The maximum Gasteiger partial charge on any atom is 0.183 e. The van der Waals surface area contributed by atoms with E-state index in [1.807, 2.05) is 16.9 Å². The minimum Gasteiger partial charge on any atom is -0.357 e. The zero-order valence-corrected chi connectivity index (χ0v) is 23.9. The average molecular weight is 560 g/mol. The minimum atomic E-state index is -0.221. The average Bonchev–Trinajstić information content (AvgIpc) is 3.82. The highest BCUT2D eigenvalue weighted by atomic mass is 19.1. The molecule has 3 aliphatic heterocycles. The molecule has 2 radical (unpaired) electrons. The zero-order chi connectivity index (χ0) is 28.4. The van der Waals surface area contributed by atoms with Crippen molar-refractivity contribution in [2.75, 3.05) is 25.0 Å². The molecule has 42 heavy (non-hydrogen) atoms. The number of halogens is 1. The van der Waals surface area contributed by atoms with Crippen LogP contribution >= 0.6 is 0 Å². The molecular weight excluding hydrogens is 524 g/mol. The number of rotatable bonds is 5. The number of nitrogens with one attached hydrogen (secondary N) is 2. The first-order valence-electron chi connectivity index (χ1n) is 15.3. The van der Waals surface area contributed by atoms with Crippen molar-refractivity contribution in [1.29, 1.82) is 0 Å². The summed E-state index contributed by atoms with van der Waals surface area (Å²) in [6.45, 7) is 2.01. The molecule has 2 N–H and O–H groups in total. The van der Waals surface area contributed by atoms with Crippen molar-refractivity contribution in [3.63, 3.8) is 0 Å². The molecule has 8 rings (SSSR count). The van der Waals surface area contributed by atoms with Gasteiger partial charge in [0.15, 0.2) is 7.98 Å². The van der Waals surface area contributed by atoms with Gasteiger partial charge in [-0.2, -0.15) is 0 Å². The summed E-state index contributed by atoms with van der Waals surface area (Å²) in [7, 11) is 8.41. The topological polar surface area (TPSA) is 67.1 Å². The first-order chi connectivity index (χ1) is 20.5. The Kier molecular flexibility index (Phi) is 6.34. The minimum absolute atomic E-state index is 0.138. The van der Waals surface area contributed by atoms with Crippen LogP contribution in [0, 0.1) is 5.82 Å². The van der Waals surface area contributed by atoms with E-state index in [0.717, 1.165) is 84.6 Å². The smallest absolute Gasteiger partial charge is 0.183 e. The number of anilines is 1. The number of benzene rings is 3. The number of hydrogen-bond acceptors (Lipinski definition) is 5. The third-order valence-corrected chi connectivity index (χ3v) is 9.77. The van der Waals surface area contributed by atoms with E-state index in [4.69, 9.17) is 17.9 Å². The molecular formula is C33H35BFN7. The lowest BCUT2D eigenvalue weighted by molar-refractivity contribution is 0.307. The van der Waals surface area contributed by atoms with E-state index in [1.54, 1.807) is 12.1 Å². The second-order valence-corrected chi connectivity index (χ2v) is 12.3. The largest absolute Gasteiger partial charge is 0.357 e. The fourth-order valence-electron chi connectivity index (χ4n) is 7.60. The molecule has 0 aliphatic carbocycles. The van der Waals surface area contributed by atoms with Crippen LogP contribution in [0.5, 0.6) is 0 Å². The third kappa shape index (κ3) is 4.41. The summed E-state index contributed by atoms with van der Waals surface area (Å²) in [5, 5.41) is 0. The lowest BCUT2D eigenvalue weighted by atomic mass is 10.0. The summed E-state index contributed by atoms with van der Waals surface area (Å²) in [5.41, 5.74) is 7.59. The van der Waals surface area contributed by atoms with Crippen LogP contribution in [-0.4, -0.2) is 57.8 Å². The van der Waals surface area contributed by atoms with Crippen LogP contribution in [-0.2, 0) is 0 Å². The van der Waals surface area contributed by atoms with E-state index in [9.17, 15) is 4.39 Å². The Bertz CT molecular complexity index is 1640. The number of nitrogens with zero attached hydrogens (tertiary/aromatic N) is 5. The van der Waals surface area contributed by atoms with Crippen molar-refractivity contribution >= 4 is 35.7 Å².